The molecule has 134 valence electrons. The van der Waals surface area contributed by atoms with Crippen molar-refractivity contribution in [2.45, 2.75) is 43.5 Å². The topological polar surface area (TPSA) is 85.8 Å². The number of carbonyl (C=O) groups excluding carboxylic acids is 1. The smallest absolute Gasteiger partial charge is 0.233 e. The summed E-state index contributed by atoms with van der Waals surface area (Å²) in [6, 6.07) is 8.12. The highest BCUT2D eigenvalue weighted by Gasteiger charge is 2.20. The van der Waals surface area contributed by atoms with Gasteiger partial charge in [0.05, 0.1) is 5.25 Å². The largest absolute Gasteiger partial charge is 0.352 e. The fourth-order valence-electron chi connectivity index (χ4n) is 2.20. The monoisotopic (exact) mass is 359 g/mol. The average Bonchev–Trinajstić information content (AvgIpc) is 2.92. The third-order valence-electron chi connectivity index (χ3n) is 3.75. The van der Waals surface area contributed by atoms with E-state index in [0.717, 1.165) is 5.56 Å². The predicted molar refractivity (Wildman–Crippen MR) is 103 cm³/mol. The van der Waals surface area contributed by atoms with Gasteiger partial charge in [0.1, 0.15) is 0 Å². The first-order valence-corrected chi connectivity index (χ1v) is 8.98. The van der Waals surface area contributed by atoms with E-state index in [1.807, 2.05) is 12.1 Å². The number of amides is 1. The maximum Gasteiger partial charge on any atom is 0.233 e. The zero-order chi connectivity index (χ0) is 18.6. The minimum atomic E-state index is -0.331. The lowest BCUT2D eigenvalue weighted by atomic mass is 9.87. The van der Waals surface area contributed by atoms with Crippen LogP contribution >= 0.6 is 11.8 Å². The van der Waals surface area contributed by atoms with Gasteiger partial charge in [-0.2, -0.15) is 0 Å². The molecule has 6 nitrogen and oxygen atoms in total. The van der Waals surface area contributed by atoms with Crippen molar-refractivity contribution in [2.75, 3.05) is 12.4 Å². The SMILES string of the molecule is C=CCNC(=O)C(C)Sc1nnc(-c2ccc(C(C)(C)C)cc2)n1N. The summed E-state index contributed by atoms with van der Waals surface area (Å²) >= 11 is 1.27. The number of nitrogens with zero attached hydrogens (tertiary/aromatic N) is 3. The van der Waals surface area contributed by atoms with Crippen LogP contribution in [0.25, 0.3) is 11.4 Å². The van der Waals surface area contributed by atoms with Crippen LogP contribution in [0.2, 0.25) is 0 Å². The summed E-state index contributed by atoms with van der Waals surface area (Å²) in [5.74, 6) is 6.61. The fourth-order valence-corrected chi connectivity index (χ4v) is 3.00. The van der Waals surface area contributed by atoms with Gasteiger partial charge in [0.2, 0.25) is 11.1 Å². The predicted octanol–water partition coefficient (Wildman–Crippen LogP) is 2.74. The van der Waals surface area contributed by atoms with Gasteiger partial charge in [-0.15, -0.1) is 16.8 Å². The van der Waals surface area contributed by atoms with Crippen LogP contribution in [-0.4, -0.2) is 32.6 Å². The molecule has 2 rings (SSSR count). The number of hydrogen-bond donors (Lipinski definition) is 2. The summed E-state index contributed by atoms with van der Waals surface area (Å²) in [6.45, 7) is 12.3. The number of rotatable bonds is 6. The van der Waals surface area contributed by atoms with E-state index in [0.29, 0.717) is 17.5 Å². The van der Waals surface area contributed by atoms with Crippen LogP contribution in [0.15, 0.2) is 42.1 Å². The molecule has 0 fully saturated rings. The maximum atomic E-state index is 11.9. The second-order valence-corrected chi connectivity index (χ2v) is 8.11. The third-order valence-corrected chi connectivity index (χ3v) is 4.80. The van der Waals surface area contributed by atoms with E-state index in [1.165, 1.54) is 22.0 Å². The summed E-state index contributed by atoms with van der Waals surface area (Å²) in [7, 11) is 0. The summed E-state index contributed by atoms with van der Waals surface area (Å²) in [5.41, 5.74) is 2.21. The van der Waals surface area contributed by atoms with Gasteiger partial charge in [0.25, 0.3) is 0 Å². The van der Waals surface area contributed by atoms with Crippen molar-refractivity contribution in [1.29, 1.82) is 0 Å². The van der Waals surface area contributed by atoms with Gasteiger partial charge in [-0.25, -0.2) is 4.68 Å². The van der Waals surface area contributed by atoms with Crippen molar-refractivity contribution in [3.05, 3.63) is 42.5 Å². The van der Waals surface area contributed by atoms with Crippen molar-refractivity contribution in [1.82, 2.24) is 20.2 Å². The molecule has 7 heteroatoms. The van der Waals surface area contributed by atoms with E-state index in [2.05, 4.69) is 55.0 Å². The van der Waals surface area contributed by atoms with E-state index in [1.54, 1.807) is 13.0 Å². The number of hydrogen-bond acceptors (Lipinski definition) is 5. The Kier molecular flexibility index (Phi) is 5.89. The van der Waals surface area contributed by atoms with E-state index >= 15 is 0 Å². The zero-order valence-corrected chi connectivity index (χ0v) is 15.9. The highest BCUT2D eigenvalue weighted by molar-refractivity contribution is 8.00. The molecule has 0 aliphatic rings. The Morgan fingerprint density at radius 2 is 2.00 bits per heavy atom. The van der Waals surface area contributed by atoms with Gasteiger partial charge in [-0.3, -0.25) is 4.79 Å². The van der Waals surface area contributed by atoms with Crippen LogP contribution < -0.4 is 11.2 Å². The number of benzene rings is 1. The zero-order valence-electron chi connectivity index (χ0n) is 15.1. The molecular formula is C18H25N5OS. The first-order chi connectivity index (χ1) is 11.7. The van der Waals surface area contributed by atoms with Crippen LogP contribution in [0, 0.1) is 0 Å². The van der Waals surface area contributed by atoms with Gasteiger partial charge in [-0.1, -0.05) is 62.9 Å². The minimum absolute atomic E-state index is 0.0875. The Hall–Kier alpha value is -2.28. The minimum Gasteiger partial charge on any atom is -0.352 e. The van der Waals surface area contributed by atoms with Crippen LogP contribution in [0.5, 0.6) is 0 Å². The summed E-state index contributed by atoms with van der Waals surface area (Å²) in [4.78, 5) is 11.9. The molecule has 1 amide bonds. The normalized spacial score (nSPS) is 12.6. The number of thioether (sulfide) groups is 1. The van der Waals surface area contributed by atoms with E-state index in [-0.39, 0.29) is 16.6 Å². The lowest BCUT2D eigenvalue weighted by Crippen LogP contribution is -2.31. The molecule has 0 saturated heterocycles. The van der Waals surface area contributed by atoms with E-state index < -0.39 is 0 Å². The molecule has 0 radical (unpaired) electrons. The molecule has 0 bridgehead atoms. The van der Waals surface area contributed by atoms with Crippen molar-refractivity contribution in [3.63, 3.8) is 0 Å². The Morgan fingerprint density at radius 1 is 1.36 bits per heavy atom. The number of nitrogens with one attached hydrogen (secondary N) is 1. The second kappa shape index (κ2) is 7.74. The Morgan fingerprint density at radius 3 is 2.56 bits per heavy atom. The molecule has 1 atom stereocenters. The first-order valence-electron chi connectivity index (χ1n) is 8.10. The van der Waals surface area contributed by atoms with Crippen molar-refractivity contribution in [2.24, 2.45) is 0 Å². The lowest BCUT2D eigenvalue weighted by molar-refractivity contribution is -0.120. The fraction of sp³-hybridized carbons (Fsp3) is 0.389. The quantitative estimate of drug-likeness (QED) is 0.470. The molecule has 2 aromatic rings. The molecule has 0 saturated carbocycles. The molecule has 0 aliphatic carbocycles. The Bertz CT molecular complexity index is 746. The molecule has 3 N–H and O–H groups in total. The highest BCUT2D eigenvalue weighted by Crippen LogP contribution is 2.27. The van der Waals surface area contributed by atoms with Crippen LogP contribution in [0.3, 0.4) is 0 Å². The van der Waals surface area contributed by atoms with Gasteiger partial charge in [-0.05, 0) is 17.9 Å². The van der Waals surface area contributed by atoms with Crippen molar-refractivity contribution in [3.8, 4) is 11.4 Å². The lowest BCUT2D eigenvalue weighted by Gasteiger charge is -2.19. The maximum absolute atomic E-state index is 11.9. The number of carbonyl (C=O) groups is 1. The van der Waals surface area contributed by atoms with Crippen LogP contribution in [0.1, 0.15) is 33.3 Å². The van der Waals surface area contributed by atoms with Gasteiger partial charge in [0.15, 0.2) is 5.82 Å². The highest BCUT2D eigenvalue weighted by atomic mass is 32.2. The summed E-state index contributed by atoms with van der Waals surface area (Å²) in [5, 5.41) is 11.2. The standard InChI is InChI=1S/C18H25N5OS/c1-6-11-20-16(24)12(2)25-17-22-21-15(23(17)19)13-7-9-14(10-8-13)18(3,4)5/h6-10,12H,1,11,19H2,2-5H3,(H,20,24). The summed E-state index contributed by atoms with van der Waals surface area (Å²) in [6.07, 6.45) is 1.64. The molecule has 0 aliphatic heterocycles. The number of nitrogen functional groups attached to an aromatic ring is 1. The van der Waals surface area contributed by atoms with Gasteiger partial charge >= 0.3 is 0 Å². The van der Waals surface area contributed by atoms with Crippen molar-refractivity contribution < 1.29 is 4.79 Å². The molecule has 25 heavy (non-hydrogen) atoms. The van der Waals surface area contributed by atoms with Crippen LogP contribution in [0.4, 0.5) is 0 Å². The Labute approximate surface area is 152 Å². The molecule has 1 aromatic carbocycles. The number of aromatic nitrogens is 3. The second-order valence-electron chi connectivity index (χ2n) is 6.80. The molecular weight excluding hydrogens is 334 g/mol. The van der Waals surface area contributed by atoms with Crippen molar-refractivity contribution >= 4 is 17.7 Å². The number of nitrogens with two attached hydrogens (primary N) is 1. The molecule has 1 heterocycles. The summed E-state index contributed by atoms with van der Waals surface area (Å²) < 4.78 is 1.42. The Balaban J connectivity index is 2.15. The molecule has 1 unspecified atom stereocenters. The van der Waals surface area contributed by atoms with Crippen LogP contribution in [-0.2, 0) is 10.2 Å². The van der Waals surface area contributed by atoms with Gasteiger partial charge < -0.3 is 11.2 Å². The average molecular weight is 359 g/mol. The third kappa shape index (κ3) is 4.63. The van der Waals surface area contributed by atoms with E-state index in [4.69, 9.17) is 5.84 Å². The first kappa shape index (κ1) is 19.1. The van der Waals surface area contributed by atoms with E-state index in [9.17, 15) is 4.79 Å². The molecule has 0 spiro atoms. The molecule has 1 aromatic heterocycles. The van der Waals surface area contributed by atoms with Gasteiger partial charge in [0, 0.05) is 12.1 Å².